The first-order valence-electron chi connectivity index (χ1n) is 10.3. The quantitative estimate of drug-likeness (QED) is 0.543. The summed E-state index contributed by atoms with van der Waals surface area (Å²) in [4.78, 5) is 15.7. The van der Waals surface area contributed by atoms with Gasteiger partial charge >= 0.3 is 0 Å². The van der Waals surface area contributed by atoms with Crippen LogP contribution in [-0.2, 0) is 11.8 Å². The van der Waals surface area contributed by atoms with Gasteiger partial charge in [-0.25, -0.2) is 0 Å². The Labute approximate surface area is 194 Å². The van der Waals surface area contributed by atoms with E-state index in [1.807, 2.05) is 43.4 Å². The molecule has 33 heavy (non-hydrogen) atoms. The smallest absolute Gasteiger partial charge is 0.242 e. The zero-order chi connectivity index (χ0) is 23.3. The monoisotopic (exact) mass is 455 g/mol. The zero-order valence-electron chi connectivity index (χ0n) is 18.1. The summed E-state index contributed by atoms with van der Waals surface area (Å²) in [6, 6.07) is 15.4. The van der Waals surface area contributed by atoms with Gasteiger partial charge in [0.1, 0.15) is 5.92 Å². The van der Waals surface area contributed by atoms with Crippen LogP contribution in [0.5, 0.6) is 0 Å². The van der Waals surface area contributed by atoms with Crippen molar-refractivity contribution in [2.45, 2.75) is 12.3 Å². The maximum Gasteiger partial charge on any atom is 0.242 e. The van der Waals surface area contributed by atoms with Crippen LogP contribution in [0.3, 0.4) is 0 Å². The molecule has 0 bridgehead atoms. The van der Waals surface area contributed by atoms with E-state index in [1.165, 1.54) is 4.90 Å². The zero-order valence-corrected chi connectivity index (χ0v) is 18.9. The number of anilines is 1. The van der Waals surface area contributed by atoms with E-state index in [9.17, 15) is 10.1 Å². The van der Waals surface area contributed by atoms with Crippen LogP contribution in [0.25, 0.3) is 16.5 Å². The molecule has 0 unspecified atom stereocenters. The normalized spacial score (nSPS) is 20.7. The minimum absolute atomic E-state index is 0.0464. The van der Waals surface area contributed by atoms with Crippen LogP contribution in [0.1, 0.15) is 29.0 Å². The molecule has 1 fully saturated rings. The van der Waals surface area contributed by atoms with E-state index in [0.717, 1.165) is 32.5 Å². The van der Waals surface area contributed by atoms with Gasteiger partial charge < -0.3 is 11.1 Å². The predicted molar refractivity (Wildman–Crippen MR) is 130 cm³/mol. The lowest BCUT2D eigenvalue weighted by Crippen LogP contribution is -2.51. The number of nitriles is 1. The lowest BCUT2D eigenvalue weighted by Gasteiger charge is -2.34. The minimum atomic E-state index is -0.578. The number of nitrogen functional groups attached to an aromatic ring is 1. The van der Waals surface area contributed by atoms with Crippen LogP contribution in [0.2, 0.25) is 0 Å². The number of hydrogen-bond acceptors (Lipinski definition) is 6. The molecule has 1 saturated heterocycles. The summed E-state index contributed by atoms with van der Waals surface area (Å²) >= 11 is 1.55. The predicted octanol–water partition coefficient (Wildman–Crippen LogP) is 3.50. The molecule has 4 N–H and O–H groups in total. The fourth-order valence-corrected chi connectivity index (χ4v) is 5.29. The lowest BCUT2D eigenvalue weighted by atomic mass is 9.90. The Kier molecular flexibility index (Phi) is 4.95. The third-order valence-electron chi connectivity index (χ3n) is 6.05. The van der Waals surface area contributed by atoms with Crippen molar-refractivity contribution in [2.75, 3.05) is 12.8 Å². The molecule has 2 aromatic carbocycles. The van der Waals surface area contributed by atoms with Gasteiger partial charge in [0.2, 0.25) is 11.9 Å². The van der Waals surface area contributed by atoms with Crippen molar-refractivity contribution >= 4 is 45.9 Å². The fraction of sp³-hybridized carbons (Fsp3) is 0.167. The second-order valence-electron chi connectivity index (χ2n) is 8.06. The summed E-state index contributed by atoms with van der Waals surface area (Å²) in [6.45, 7) is 0. The molecule has 1 atom stereocenters. The molecule has 3 aromatic rings. The average molecular weight is 456 g/mol. The molecular formula is C24H21N7OS. The molecule has 0 saturated carbocycles. The Morgan fingerprint density at radius 2 is 2.09 bits per heavy atom. The third-order valence-corrected chi connectivity index (χ3v) is 7.10. The summed E-state index contributed by atoms with van der Waals surface area (Å²) in [7, 11) is 3.43. The maximum atomic E-state index is 13.4. The first-order valence-corrected chi connectivity index (χ1v) is 11.2. The topological polar surface area (TPSA) is 124 Å². The molecule has 1 amide bonds. The first-order chi connectivity index (χ1) is 15.9. The molecule has 9 heteroatoms. The van der Waals surface area contributed by atoms with Crippen molar-refractivity contribution in [3.63, 3.8) is 0 Å². The van der Waals surface area contributed by atoms with Crippen LogP contribution in [0.15, 0.2) is 58.5 Å². The molecule has 2 aliphatic rings. The largest absolute Gasteiger partial charge is 0.382 e. The van der Waals surface area contributed by atoms with Gasteiger partial charge in [-0.2, -0.15) is 10.4 Å². The number of nitrogens with zero attached hydrogens (tertiary/aromatic N) is 4. The second kappa shape index (κ2) is 7.83. The van der Waals surface area contributed by atoms with E-state index in [1.54, 1.807) is 29.6 Å². The van der Waals surface area contributed by atoms with Crippen LogP contribution in [-0.4, -0.2) is 33.6 Å². The number of aryl methyl sites for hydroxylation is 1. The van der Waals surface area contributed by atoms with E-state index in [2.05, 4.69) is 21.9 Å². The molecule has 8 nitrogen and oxygen atoms in total. The Hall–Kier alpha value is -4.03. The van der Waals surface area contributed by atoms with Gasteiger partial charge in [0.15, 0.2) is 5.82 Å². The van der Waals surface area contributed by atoms with Gasteiger partial charge in [0.05, 0.1) is 17.1 Å². The number of guanidine groups is 1. The van der Waals surface area contributed by atoms with Crippen molar-refractivity contribution < 1.29 is 4.79 Å². The number of carbonyl (C=O) groups is 1. The summed E-state index contributed by atoms with van der Waals surface area (Å²) in [5.74, 6) is -0.254. The highest BCUT2D eigenvalue weighted by Gasteiger charge is 2.38. The molecule has 0 spiro atoms. The molecule has 2 aliphatic heterocycles. The van der Waals surface area contributed by atoms with E-state index >= 15 is 0 Å². The van der Waals surface area contributed by atoms with Gasteiger partial charge in [-0.1, -0.05) is 30.0 Å². The van der Waals surface area contributed by atoms with E-state index in [-0.39, 0.29) is 11.9 Å². The summed E-state index contributed by atoms with van der Waals surface area (Å²) < 4.78 is 1.71. The van der Waals surface area contributed by atoms with Gasteiger partial charge in [-0.15, -0.1) is 0 Å². The summed E-state index contributed by atoms with van der Waals surface area (Å²) in [5, 5.41) is 27.8. The Morgan fingerprint density at radius 3 is 2.88 bits per heavy atom. The molecule has 0 aliphatic carbocycles. The second-order valence-corrected chi connectivity index (χ2v) is 9.02. The highest BCUT2D eigenvalue weighted by atomic mass is 32.2. The van der Waals surface area contributed by atoms with E-state index < -0.39 is 5.92 Å². The van der Waals surface area contributed by atoms with Gasteiger partial charge in [-0.05, 0) is 46.4 Å². The van der Waals surface area contributed by atoms with Crippen molar-refractivity contribution in [3.05, 3.63) is 75.2 Å². The number of fused-ring (bicyclic) bond motifs is 1. The number of amides is 1. The highest BCUT2D eigenvalue weighted by Crippen LogP contribution is 2.44. The van der Waals surface area contributed by atoms with Crippen molar-refractivity contribution in [1.29, 1.82) is 10.7 Å². The van der Waals surface area contributed by atoms with E-state index in [0.29, 0.717) is 23.5 Å². The average Bonchev–Trinajstić information content (AvgIpc) is 3.42. The number of rotatable bonds is 2. The Bertz CT molecular complexity index is 1440. The number of thioether (sulfide) groups is 1. The van der Waals surface area contributed by atoms with E-state index in [4.69, 9.17) is 11.1 Å². The van der Waals surface area contributed by atoms with Crippen molar-refractivity contribution in [3.8, 4) is 6.07 Å². The lowest BCUT2D eigenvalue weighted by molar-refractivity contribution is -0.128. The molecule has 5 rings (SSSR count). The summed E-state index contributed by atoms with van der Waals surface area (Å²) in [5.41, 5.74) is 11.0. The number of carbonyl (C=O) groups excluding carboxylic acids is 1. The molecule has 3 heterocycles. The standard InChI is InChI=1S/C24H21N7OS/c1-30-23(32)20(15-6-7-17-18(9-15)31(2)29-22(17)26)21(28-24(30)27)19-10-16(12-33-19)14-5-3-4-13(8-14)11-25/h3-9,12,20H,10H2,1-2H3,(H2,26,29)(H2,27,28)/b21-19+/t20-/m0/s1. The number of benzene rings is 2. The van der Waals surface area contributed by atoms with Crippen molar-refractivity contribution in [1.82, 2.24) is 20.0 Å². The van der Waals surface area contributed by atoms with Crippen LogP contribution < -0.4 is 11.1 Å². The van der Waals surface area contributed by atoms with Crippen LogP contribution in [0.4, 0.5) is 5.82 Å². The SMILES string of the molecule is CN1C(=N)N/C(=C2\CC(c3cccc(C#N)c3)=CS2)[C@H](c2ccc3c(N)nn(C)c3c2)C1=O. The number of nitrogens with one attached hydrogen (secondary N) is 2. The third kappa shape index (κ3) is 3.45. The molecular weight excluding hydrogens is 434 g/mol. The van der Waals surface area contributed by atoms with Gasteiger partial charge in [0.25, 0.3) is 0 Å². The molecule has 0 radical (unpaired) electrons. The van der Waals surface area contributed by atoms with Crippen LogP contribution in [0, 0.1) is 16.7 Å². The number of likely N-dealkylation sites (N-methyl/N-ethyl adjacent to an activating group) is 1. The van der Waals surface area contributed by atoms with Crippen LogP contribution >= 0.6 is 11.8 Å². The van der Waals surface area contributed by atoms with Crippen molar-refractivity contribution in [2.24, 2.45) is 7.05 Å². The van der Waals surface area contributed by atoms with Gasteiger partial charge in [0, 0.05) is 36.5 Å². The maximum absolute atomic E-state index is 13.4. The first kappa shape index (κ1) is 20.8. The fourth-order valence-electron chi connectivity index (χ4n) is 4.25. The van der Waals surface area contributed by atoms with Gasteiger partial charge in [-0.3, -0.25) is 19.8 Å². The highest BCUT2D eigenvalue weighted by molar-refractivity contribution is 8.06. The number of nitrogens with two attached hydrogens (primary N) is 1. The number of allylic oxidation sites excluding steroid dienone is 2. The molecule has 164 valence electrons. The molecule has 1 aromatic heterocycles. The number of hydrogen-bond donors (Lipinski definition) is 3. The number of aromatic nitrogens is 2. The Morgan fingerprint density at radius 1 is 1.27 bits per heavy atom. The minimum Gasteiger partial charge on any atom is -0.382 e. The Balaban J connectivity index is 1.57. The summed E-state index contributed by atoms with van der Waals surface area (Å²) in [6.07, 6.45) is 0.615.